The second kappa shape index (κ2) is 4.03. The zero-order valence-corrected chi connectivity index (χ0v) is 8.58. The molecule has 0 fully saturated rings. The SMILES string of the molecule is CC(N)C(N)c1ccc(Br)cc1. The van der Waals surface area contributed by atoms with E-state index in [1.54, 1.807) is 0 Å². The number of rotatable bonds is 2. The fraction of sp³-hybridized carbons (Fsp3) is 0.333. The number of halogens is 1. The highest BCUT2D eigenvalue weighted by molar-refractivity contribution is 9.10. The Labute approximate surface area is 81.1 Å². The molecular formula is C9H13BrN2. The first kappa shape index (κ1) is 9.71. The Morgan fingerprint density at radius 2 is 1.67 bits per heavy atom. The van der Waals surface area contributed by atoms with E-state index in [-0.39, 0.29) is 12.1 Å². The molecule has 1 aromatic carbocycles. The third kappa shape index (κ3) is 2.30. The van der Waals surface area contributed by atoms with Crippen LogP contribution in [0.3, 0.4) is 0 Å². The van der Waals surface area contributed by atoms with Gasteiger partial charge in [-0.15, -0.1) is 0 Å². The average molecular weight is 229 g/mol. The predicted molar refractivity (Wildman–Crippen MR) is 54.7 cm³/mol. The Morgan fingerprint density at radius 1 is 1.17 bits per heavy atom. The second-order valence-corrected chi connectivity index (χ2v) is 3.85. The van der Waals surface area contributed by atoms with Crippen molar-refractivity contribution in [1.82, 2.24) is 0 Å². The Kier molecular flexibility index (Phi) is 3.26. The van der Waals surface area contributed by atoms with E-state index in [4.69, 9.17) is 11.5 Å². The molecule has 66 valence electrons. The third-order valence-corrected chi connectivity index (χ3v) is 2.35. The summed E-state index contributed by atoms with van der Waals surface area (Å²) in [6.07, 6.45) is 0. The zero-order valence-electron chi connectivity index (χ0n) is 7.00. The third-order valence-electron chi connectivity index (χ3n) is 1.82. The molecule has 0 aromatic heterocycles. The minimum absolute atomic E-state index is 0.00817. The molecule has 1 aromatic rings. The van der Waals surface area contributed by atoms with Crippen LogP contribution in [0, 0.1) is 0 Å². The first-order valence-electron chi connectivity index (χ1n) is 3.88. The van der Waals surface area contributed by atoms with E-state index in [0.29, 0.717) is 0 Å². The molecule has 12 heavy (non-hydrogen) atoms. The number of nitrogens with two attached hydrogens (primary N) is 2. The van der Waals surface area contributed by atoms with Crippen molar-refractivity contribution in [3.8, 4) is 0 Å². The summed E-state index contributed by atoms with van der Waals surface area (Å²) in [5.41, 5.74) is 12.6. The van der Waals surface area contributed by atoms with E-state index in [2.05, 4.69) is 15.9 Å². The van der Waals surface area contributed by atoms with Crippen LogP contribution in [-0.2, 0) is 0 Å². The van der Waals surface area contributed by atoms with Crippen LogP contribution in [0.5, 0.6) is 0 Å². The fourth-order valence-corrected chi connectivity index (χ4v) is 1.25. The Morgan fingerprint density at radius 3 is 2.08 bits per heavy atom. The van der Waals surface area contributed by atoms with Gasteiger partial charge in [0.1, 0.15) is 0 Å². The Balaban J connectivity index is 2.82. The van der Waals surface area contributed by atoms with E-state index in [1.165, 1.54) is 0 Å². The smallest absolute Gasteiger partial charge is 0.0445 e. The molecule has 0 heterocycles. The Hall–Kier alpha value is -0.380. The van der Waals surface area contributed by atoms with Crippen LogP contribution in [0.2, 0.25) is 0 Å². The molecule has 0 saturated heterocycles. The van der Waals surface area contributed by atoms with Crippen molar-refractivity contribution in [1.29, 1.82) is 0 Å². The highest BCUT2D eigenvalue weighted by Gasteiger charge is 2.09. The van der Waals surface area contributed by atoms with E-state index in [1.807, 2.05) is 31.2 Å². The molecule has 2 unspecified atom stereocenters. The van der Waals surface area contributed by atoms with Crippen molar-refractivity contribution < 1.29 is 0 Å². The molecule has 0 bridgehead atoms. The van der Waals surface area contributed by atoms with Gasteiger partial charge >= 0.3 is 0 Å². The maximum Gasteiger partial charge on any atom is 0.0445 e. The quantitative estimate of drug-likeness (QED) is 0.812. The van der Waals surface area contributed by atoms with Crippen LogP contribution in [0.25, 0.3) is 0 Å². The van der Waals surface area contributed by atoms with Crippen LogP contribution in [0.4, 0.5) is 0 Å². The monoisotopic (exact) mass is 228 g/mol. The van der Waals surface area contributed by atoms with Crippen molar-refractivity contribution >= 4 is 15.9 Å². The van der Waals surface area contributed by atoms with E-state index < -0.39 is 0 Å². The molecule has 1 rings (SSSR count). The van der Waals surface area contributed by atoms with Crippen LogP contribution in [0.15, 0.2) is 28.7 Å². The van der Waals surface area contributed by atoms with Gasteiger partial charge in [0.05, 0.1) is 0 Å². The van der Waals surface area contributed by atoms with Crippen molar-refractivity contribution in [3.05, 3.63) is 34.3 Å². The molecule has 0 radical (unpaired) electrons. The van der Waals surface area contributed by atoms with Crippen LogP contribution >= 0.6 is 15.9 Å². The lowest BCUT2D eigenvalue weighted by molar-refractivity contribution is 0.589. The highest BCUT2D eigenvalue weighted by Crippen LogP contribution is 2.16. The van der Waals surface area contributed by atoms with Gasteiger partial charge in [-0.3, -0.25) is 0 Å². The maximum atomic E-state index is 5.85. The standard InChI is InChI=1S/C9H13BrN2/c1-6(11)9(12)7-2-4-8(10)5-3-7/h2-6,9H,11-12H2,1H3. The molecule has 0 aliphatic carbocycles. The molecule has 0 spiro atoms. The zero-order chi connectivity index (χ0) is 9.14. The summed E-state index contributed by atoms with van der Waals surface area (Å²) in [5.74, 6) is 0. The summed E-state index contributed by atoms with van der Waals surface area (Å²) >= 11 is 3.36. The van der Waals surface area contributed by atoms with Gasteiger partial charge in [0.15, 0.2) is 0 Å². The molecule has 0 amide bonds. The number of hydrogen-bond acceptors (Lipinski definition) is 2. The van der Waals surface area contributed by atoms with Crippen LogP contribution < -0.4 is 11.5 Å². The number of benzene rings is 1. The molecule has 3 heteroatoms. The molecule has 0 saturated carbocycles. The molecule has 0 aliphatic heterocycles. The molecule has 0 aliphatic rings. The van der Waals surface area contributed by atoms with Gasteiger partial charge < -0.3 is 11.5 Å². The van der Waals surface area contributed by atoms with Crippen molar-refractivity contribution in [2.45, 2.75) is 19.0 Å². The molecular weight excluding hydrogens is 216 g/mol. The van der Waals surface area contributed by atoms with Crippen molar-refractivity contribution in [3.63, 3.8) is 0 Å². The average Bonchev–Trinajstić information content (AvgIpc) is 2.04. The minimum atomic E-state index is -0.0712. The van der Waals surface area contributed by atoms with E-state index in [0.717, 1.165) is 10.0 Å². The number of hydrogen-bond donors (Lipinski definition) is 2. The largest absolute Gasteiger partial charge is 0.326 e. The summed E-state index contributed by atoms with van der Waals surface area (Å²) in [7, 11) is 0. The minimum Gasteiger partial charge on any atom is -0.326 e. The molecule has 2 atom stereocenters. The van der Waals surface area contributed by atoms with Gasteiger partial charge in [-0.05, 0) is 24.6 Å². The van der Waals surface area contributed by atoms with Crippen LogP contribution in [0.1, 0.15) is 18.5 Å². The molecule has 2 nitrogen and oxygen atoms in total. The van der Waals surface area contributed by atoms with E-state index >= 15 is 0 Å². The lowest BCUT2D eigenvalue weighted by Gasteiger charge is -2.15. The first-order valence-corrected chi connectivity index (χ1v) is 4.67. The first-order chi connectivity index (χ1) is 5.61. The highest BCUT2D eigenvalue weighted by atomic mass is 79.9. The maximum absolute atomic E-state index is 5.85. The van der Waals surface area contributed by atoms with E-state index in [9.17, 15) is 0 Å². The fourth-order valence-electron chi connectivity index (χ4n) is 0.989. The topological polar surface area (TPSA) is 52.0 Å². The summed E-state index contributed by atoms with van der Waals surface area (Å²) in [6.45, 7) is 1.91. The van der Waals surface area contributed by atoms with Gasteiger partial charge in [0.2, 0.25) is 0 Å². The Bertz CT molecular complexity index is 243. The lowest BCUT2D eigenvalue weighted by Crippen LogP contribution is -2.30. The summed E-state index contributed by atoms with van der Waals surface area (Å²) < 4.78 is 1.06. The van der Waals surface area contributed by atoms with Gasteiger partial charge in [-0.2, -0.15) is 0 Å². The predicted octanol–water partition coefficient (Wildman–Crippen LogP) is 1.80. The summed E-state index contributed by atoms with van der Waals surface area (Å²) in [5, 5.41) is 0. The lowest BCUT2D eigenvalue weighted by atomic mass is 10.0. The summed E-state index contributed by atoms with van der Waals surface area (Å²) in [6, 6.07) is 7.83. The van der Waals surface area contributed by atoms with Crippen molar-refractivity contribution in [2.24, 2.45) is 11.5 Å². The van der Waals surface area contributed by atoms with Gasteiger partial charge in [-0.25, -0.2) is 0 Å². The second-order valence-electron chi connectivity index (χ2n) is 2.94. The van der Waals surface area contributed by atoms with Gasteiger partial charge in [0.25, 0.3) is 0 Å². The summed E-state index contributed by atoms with van der Waals surface area (Å²) in [4.78, 5) is 0. The van der Waals surface area contributed by atoms with Gasteiger partial charge in [0, 0.05) is 16.6 Å². The normalized spacial score (nSPS) is 15.7. The van der Waals surface area contributed by atoms with Gasteiger partial charge in [-0.1, -0.05) is 28.1 Å². The van der Waals surface area contributed by atoms with Crippen molar-refractivity contribution in [2.75, 3.05) is 0 Å². The molecule has 4 N–H and O–H groups in total. The van der Waals surface area contributed by atoms with Crippen LogP contribution in [-0.4, -0.2) is 6.04 Å².